The van der Waals surface area contributed by atoms with E-state index in [-0.39, 0.29) is 4.84 Å². The second-order valence-electron chi connectivity index (χ2n) is 4.55. The fraction of sp³-hybridized carbons (Fsp3) is 0.500. The van der Waals surface area contributed by atoms with Crippen LogP contribution in [0.1, 0.15) is 11.6 Å². The summed E-state index contributed by atoms with van der Waals surface area (Å²) in [6, 6.07) is 2.00. The highest BCUT2D eigenvalue weighted by Crippen LogP contribution is 2.22. The SMILES string of the molecule is Cc1cc(N2CCOCC2)nc(SCc2n[nH]c(=S)o2)n1. The Hall–Kier alpha value is -1.45. The second-order valence-corrected chi connectivity index (χ2v) is 5.86. The molecule has 1 saturated heterocycles. The molecule has 0 aliphatic carbocycles. The molecule has 21 heavy (non-hydrogen) atoms. The van der Waals surface area contributed by atoms with E-state index in [1.165, 1.54) is 11.8 Å². The summed E-state index contributed by atoms with van der Waals surface area (Å²) in [7, 11) is 0. The highest BCUT2D eigenvalue weighted by molar-refractivity contribution is 7.98. The van der Waals surface area contributed by atoms with E-state index in [9.17, 15) is 0 Å². The van der Waals surface area contributed by atoms with Crippen LogP contribution < -0.4 is 4.90 Å². The predicted molar refractivity (Wildman–Crippen MR) is 81.0 cm³/mol. The lowest BCUT2D eigenvalue weighted by Crippen LogP contribution is -2.36. The van der Waals surface area contributed by atoms with Gasteiger partial charge in [0.05, 0.1) is 19.0 Å². The van der Waals surface area contributed by atoms with Gasteiger partial charge in [0.1, 0.15) is 5.82 Å². The van der Waals surface area contributed by atoms with Gasteiger partial charge in [-0.15, -0.1) is 5.10 Å². The molecule has 112 valence electrons. The van der Waals surface area contributed by atoms with Crippen LogP contribution in [-0.2, 0) is 10.5 Å². The third-order valence-electron chi connectivity index (χ3n) is 2.96. The molecule has 0 bridgehead atoms. The molecule has 0 spiro atoms. The first-order valence-corrected chi connectivity index (χ1v) is 7.95. The number of ether oxygens (including phenoxy) is 1. The maximum Gasteiger partial charge on any atom is 0.284 e. The number of morpholine rings is 1. The van der Waals surface area contributed by atoms with Crippen molar-refractivity contribution in [3.63, 3.8) is 0 Å². The normalized spacial score (nSPS) is 15.4. The van der Waals surface area contributed by atoms with E-state index >= 15 is 0 Å². The second kappa shape index (κ2) is 6.54. The van der Waals surface area contributed by atoms with Crippen molar-refractivity contribution in [3.8, 4) is 0 Å². The summed E-state index contributed by atoms with van der Waals surface area (Å²) in [5.74, 6) is 2.03. The van der Waals surface area contributed by atoms with E-state index in [0.717, 1.165) is 37.8 Å². The van der Waals surface area contributed by atoms with Gasteiger partial charge in [-0.2, -0.15) is 0 Å². The van der Waals surface area contributed by atoms with Crippen LogP contribution in [0.2, 0.25) is 0 Å². The number of rotatable bonds is 4. The fourth-order valence-corrected chi connectivity index (χ4v) is 2.88. The molecule has 1 fully saturated rings. The number of aromatic amines is 1. The third kappa shape index (κ3) is 3.80. The van der Waals surface area contributed by atoms with Gasteiger partial charge in [0.25, 0.3) is 4.84 Å². The minimum Gasteiger partial charge on any atom is -0.413 e. The van der Waals surface area contributed by atoms with Crippen molar-refractivity contribution in [1.82, 2.24) is 20.2 Å². The summed E-state index contributed by atoms with van der Waals surface area (Å²) < 4.78 is 10.6. The Balaban J connectivity index is 1.72. The molecule has 1 aliphatic heterocycles. The Kier molecular flexibility index (Phi) is 4.51. The lowest BCUT2D eigenvalue weighted by Gasteiger charge is -2.28. The predicted octanol–water partition coefficient (Wildman–Crippen LogP) is 1.96. The lowest BCUT2D eigenvalue weighted by atomic mass is 10.3. The highest BCUT2D eigenvalue weighted by Gasteiger charge is 2.14. The zero-order valence-electron chi connectivity index (χ0n) is 11.5. The van der Waals surface area contributed by atoms with Crippen molar-refractivity contribution >= 4 is 29.8 Å². The Bertz CT molecular complexity index is 666. The average Bonchev–Trinajstić information content (AvgIpc) is 2.91. The van der Waals surface area contributed by atoms with E-state index in [1.54, 1.807) is 0 Å². The van der Waals surface area contributed by atoms with Crippen LogP contribution in [0, 0.1) is 11.8 Å². The van der Waals surface area contributed by atoms with Gasteiger partial charge in [0.15, 0.2) is 5.16 Å². The van der Waals surface area contributed by atoms with Gasteiger partial charge in [-0.1, -0.05) is 11.8 Å². The first kappa shape index (κ1) is 14.5. The van der Waals surface area contributed by atoms with Crippen molar-refractivity contribution in [3.05, 3.63) is 22.5 Å². The topological polar surface area (TPSA) is 80.1 Å². The van der Waals surface area contributed by atoms with Crippen molar-refractivity contribution in [2.24, 2.45) is 0 Å². The van der Waals surface area contributed by atoms with Crippen molar-refractivity contribution in [2.75, 3.05) is 31.2 Å². The molecule has 3 rings (SSSR count). The monoisotopic (exact) mass is 325 g/mol. The number of aryl methyl sites for hydroxylation is 1. The number of hydrogen-bond donors (Lipinski definition) is 1. The van der Waals surface area contributed by atoms with Crippen LogP contribution in [0.15, 0.2) is 15.6 Å². The standard InChI is InChI=1S/C12H15N5O2S2/c1-8-6-9(17-2-4-18-5-3-17)14-11(13-8)21-7-10-15-16-12(20)19-10/h6H,2-5,7H2,1H3,(H,16,20). The molecule has 0 radical (unpaired) electrons. The van der Waals surface area contributed by atoms with Crippen LogP contribution in [0.5, 0.6) is 0 Å². The van der Waals surface area contributed by atoms with E-state index in [0.29, 0.717) is 16.8 Å². The van der Waals surface area contributed by atoms with Crippen LogP contribution in [-0.4, -0.2) is 46.5 Å². The minimum absolute atomic E-state index is 0.282. The van der Waals surface area contributed by atoms with E-state index in [4.69, 9.17) is 21.4 Å². The quantitative estimate of drug-likeness (QED) is 0.519. The van der Waals surface area contributed by atoms with Crippen LogP contribution in [0.25, 0.3) is 0 Å². The summed E-state index contributed by atoms with van der Waals surface area (Å²) >= 11 is 6.32. The molecule has 1 aliphatic rings. The summed E-state index contributed by atoms with van der Waals surface area (Å²) in [6.45, 7) is 5.15. The van der Waals surface area contributed by atoms with Gasteiger partial charge in [-0.05, 0) is 19.1 Å². The zero-order chi connectivity index (χ0) is 14.7. The number of nitrogens with one attached hydrogen (secondary N) is 1. The largest absolute Gasteiger partial charge is 0.413 e. The van der Waals surface area contributed by atoms with Gasteiger partial charge >= 0.3 is 0 Å². The zero-order valence-corrected chi connectivity index (χ0v) is 13.2. The van der Waals surface area contributed by atoms with Crippen LogP contribution >= 0.6 is 24.0 Å². The molecule has 0 atom stereocenters. The maximum atomic E-state index is 5.37. The fourth-order valence-electron chi connectivity index (χ4n) is 1.99. The summed E-state index contributed by atoms with van der Waals surface area (Å²) in [5, 5.41) is 7.28. The number of aromatic nitrogens is 4. The summed E-state index contributed by atoms with van der Waals surface area (Å²) in [5.41, 5.74) is 0.942. The first-order chi connectivity index (χ1) is 10.2. The number of hydrogen-bond acceptors (Lipinski definition) is 8. The third-order valence-corrected chi connectivity index (χ3v) is 3.97. The average molecular weight is 325 g/mol. The molecule has 0 unspecified atom stereocenters. The first-order valence-electron chi connectivity index (χ1n) is 6.56. The Labute approximate surface area is 131 Å². The lowest BCUT2D eigenvalue weighted by molar-refractivity contribution is 0.122. The molecule has 3 heterocycles. The van der Waals surface area contributed by atoms with E-state index in [2.05, 4.69) is 25.1 Å². The molecule has 9 heteroatoms. The number of nitrogens with zero attached hydrogens (tertiary/aromatic N) is 4. The molecule has 7 nitrogen and oxygen atoms in total. The highest BCUT2D eigenvalue weighted by atomic mass is 32.2. The molecule has 2 aromatic rings. The molecular formula is C12H15N5O2S2. The molecule has 0 aromatic carbocycles. The molecule has 0 amide bonds. The van der Waals surface area contributed by atoms with E-state index in [1.807, 2.05) is 13.0 Å². The molecule has 1 N–H and O–H groups in total. The van der Waals surface area contributed by atoms with Crippen molar-refractivity contribution < 1.29 is 9.15 Å². The van der Waals surface area contributed by atoms with E-state index < -0.39 is 0 Å². The van der Waals surface area contributed by atoms with Gasteiger partial charge in [-0.3, -0.25) is 0 Å². The smallest absolute Gasteiger partial charge is 0.284 e. The van der Waals surface area contributed by atoms with Crippen LogP contribution in [0.4, 0.5) is 5.82 Å². The van der Waals surface area contributed by atoms with Crippen molar-refractivity contribution in [2.45, 2.75) is 17.8 Å². The molecular weight excluding hydrogens is 310 g/mol. The van der Waals surface area contributed by atoms with Crippen molar-refractivity contribution in [1.29, 1.82) is 0 Å². The minimum atomic E-state index is 0.282. The molecule has 2 aromatic heterocycles. The maximum absolute atomic E-state index is 5.37. The Morgan fingerprint density at radius 1 is 1.38 bits per heavy atom. The Morgan fingerprint density at radius 2 is 2.19 bits per heavy atom. The summed E-state index contributed by atoms with van der Waals surface area (Å²) in [4.78, 5) is 11.5. The number of anilines is 1. The van der Waals surface area contributed by atoms with Gasteiger partial charge in [0, 0.05) is 24.8 Å². The number of H-pyrrole nitrogens is 1. The number of thioether (sulfide) groups is 1. The van der Waals surface area contributed by atoms with Gasteiger partial charge in [0.2, 0.25) is 5.89 Å². The molecule has 0 saturated carbocycles. The summed E-state index contributed by atoms with van der Waals surface area (Å²) in [6.07, 6.45) is 0. The van der Waals surface area contributed by atoms with Crippen LogP contribution in [0.3, 0.4) is 0 Å². The van der Waals surface area contributed by atoms with Gasteiger partial charge < -0.3 is 14.1 Å². The Morgan fingerprint density at radius 3 is 2.90 bits per heavy atom. The van der Waals surface area contributed by atoms with Gasteiger partial charge in [-0.25, -0.2) is 15.1 Å².